The lowest BCUT2D eigenvalue weighted by molar-refractivity contribution is -0.135. The highest BCUT2D eigenvalue weighted by molar-refractivity contribution is 5.06. The van der Waals surface area contributed by atoms with Gasteiger partial charge in [-0.05, 0) is 153 Å². The quantitative estimate of drug-likeness (QED) is 0.339. The van der Waals surface area contributed by atoms with Crippen LogP contribution in [0.5, 0.6) is 0 Å². The second-order valence-electron chi connectivity index (χ2n) is 17.7. The van der Waals surface area contributed by atoms with Crippen molar-refractivity contribution < 1.29 is 0 Å². The van der Waals surface area contributed by atoms with Crippen molar-refractivity contribution in [1.29, 1.82) is 0 Å². The van der Waals surface area contributed by atoms with E-state index in [9.17, 15) is 0 Å². The normalized spacial score (nSPS) is 51.7. The van der Waals surface area contributed by atoms with E-state index in [0.29, 0.717) is 5.41 Å². The molecule has 7 rings (SSSR count). The third kappa shape index (κ3) is 4.99. The first kappa shape index (κ1) is 26.9. The van der Waals surface area contributed by atoms with Crippen LogP contribution < -0.4 is 0 Å². The van der Waals surface area contributed by atoms with Crippen LogP contribution in [0.25, 0.3) is 0 Å². The summed E-state index contributed by atoms with van der Waals surface area (Å²) in [6, 6.07) is 0. The van der Waals surface area contributed by atoms with Crippen molar-refractivity contribution in [2.75, 3.05) is 0 Å². The van der Waals surface area contributed by atoms with Crippen molar-refractivity contribution in [3.8, 4) is 0 Å². The summed E-state index contributed by atoms with van der Waals surface area (Å²) in [4.78, 5) is 0. The molecule has 13 unspecified atom stereocenters. The Balaban J connectivity index is 1.19. The highest BCUT2D eigenvalue weighted by Gasteiger charge is 2.57. The van der Waals surface area contributed by atoms with Gasteiger partial charge < -0.3 is 0 Å². The summed E-state index contributed by atoms with van der Waals surface area (Å²) < 4.78 is 0. The predicted octanol–water partition coefficient (Wildman–Crippen LogP) is 11.3. The third-order valence-electron chi connectivity index (χ3n) is 15.3. The second kappa shape index (κ2) is 11.0. The molecule has 0 N–H and O–H groups in total. The number of hydrogen-bond donors (Lipinski definition) is 0. The minimum absolute atomic E-state index is 0.510. The Morgan fingerprint density at radius 1 is 0.342 bits per heavy atom. The van der Waals surface area contributed by atoms with Gasteiger partial charge in [0, 0.05) is 0 Å². The Labute approximate surface area is 237 Å². The first-order valence-corrected chi connectivity index (χ1v) is 18.5. The third-order valence-corrected chi connectivity index (χ3v) is 15.3. The molecule has 0 heterocycles. The molecule has 7 saturated carbocycles. The summed E-state index contributed by atoms with van der Waals surface area (Å²) in [6.07, 6.45) is 33.5. The van der Waals surface area contributed by atoms with Crippen LogP contribution in [0.2, 0.25) is 0 Å². The summed E-state index contributed by atoms with van der Waals surface area (Å²) in [6.45, 7) is 7.77. The topological polar surface area (TPSA) is 0 Å². The average molecular weight is 521 g/mol. The summed E-state index contributed by atoms with van der Waals surface area (Å²) in [7, 11) is 0. The van der Waals surface area contributed by atoms with Crippen molar-refractivity contribution in [2.24, 2.45) is 82.3 Å². The maximum Gasteiger partial charge on any atom is -0.0323 e. The van der Waals surface area contributed by atoms with Gasteiger partial charge in [-0.1, -0.05) is 85.0 Å². The SMILES string of the molecule is CC(C)(C)C1CCC2C(C1)C(C1CCC3CCCCC3C1)C1CCCCC1C2C1CCC2CCCCC2C1. The Hall–Kier alpha value is 0. The van der Waals surface area contributed by atoms with E-state index in [1.165, 1.54) is 0 Å². The van der Waals surface area contributed by atoms with Gasteiger partial charge in [0.15, 0.2) is 0 Å². The van der Waals surface area contributed by atoms with Crippen LogP contribution in [0.15, 0.2) is 0 Å². The summed E-state index contributed by atoms with van der Waals surface area (Å²) >= 11 is 0. The number of fused-ring (bicyclic) bond motifs is 4. The number of rotatable bonds is 2. The van der Waals surface area contributed by atoms with Gasteiger partial charge in [0.2, 0.25) is 0 Å². The van der Waals surface area contributed by atoms with Crippen LogP contribution in [0.3, 0.4) is 0 Å². The zero-order valence-electron chi connectivity index (χ0n) is 25.9. The molecular formula is C38H64. The highest BCUT2D eigenvalue weighted by Crippen LogP contribution is 2.65. The van der Waals surface area contributed by atoms with Crippen molar-refractivity contribution in [3.63, 3.8) is 0 Å². The summed E-state index contributed by atoms with van der Waals surface area (Å²) in [5, 5.41) is 0. The van der Waals surface area contributed by atoms with E-state index < -0.39 is 0 Å². The summed E-state index contributed by atoms with van der Waals surface area (Å²) in [5.41, 5.74) is 0.510. The van der Waals surface area contributed by atoms with Crippen LogP contribution >= 0.6 is 0 Å². The molecule has 38 heavy (non-hydrogen) atoms. The Bertz CT molecular complexity index is 788. The fourth-order valence-electron chi connectivity index (χ4n) is 13.6. The van der Waals surface area contributed by atoms with Gasteiger partial charge in [0.1, 0.15) is 0 Å². The van der Waals surface area contributed by atoms with E-state index in [1.54, 1.807) is 135 Å². The molecule has 7 fully saturated rings. The smallest absolute Gasteiger partial charge is 0.0323 e. The first-order valence-electron chi connectivity index (χ1n) is 18.5. The van der Waals surface area contributed by atoms with Crippen LogP contribution in [-0.2, 0) is 0 Å². The van der Waals surface area contributed by atoms with Crippen molar-refractivity contribution in [3.05, 3.63) is 0 Å². The molecule has 0 saturated heterocycles. The average Bonchev–Trinajstić information content (AvgIpc) is 2.94. The van der Waals surface area contributed by atoms with Gasteiger partial charge in [-0.15, -0.1) is 0 Å². The van der Waals surface area contributed by atoms with E-state index in [4.69, 9.17) is 0 Å². The largest absolute Gasteiger partial charge is 0.0599 e. The van der Waals surface area contributed by atoms with Crippen LogP contribution in [0, 0.1) is 82.3 Å². The lowest BCUT2D eigenvalue weighted by Crippen LogP contribution is -2.55. The molecule has 7 aliphatic carbocycles. The molecule has 0 heteroatoms. The van der Waals surface area contributed by atoms with Crippen LogP contribution in [-0.4, -0.2) is 0 Å². The van der Waals surface area contributed by atoms with E-state index in [0.717, 1.165) is 76.9 Å². The van der Waals surface area contributed by atoms with Gasteiger partial charge in [-0.2, -0.15) is 0 Å². The fraction of sp³-hybridized carbons (Fsp3) is 1.00. The van der Waals surface area contributed by atoms with Gasteiger partial charge in [0.25, 0.3) is 0 Å². The van der Waals surface area contributed by atoms with E-state index in [1.807, 2.05) is 0 Å². The summed E-state index contributed by atoms with van der Waals surface area (Å²) in [5.74, 6) is 14.3. The molecule has 0 bridgehead atoms. The zero-order chi connectivity index (χ0) is 25.9. The first-order chi connectivity index (χ1) is 18.5. The molecule has 0 aromatic heterocycles. The molecule has 0 amide bonds. The monoisotopic (exact) mass is 521 g/mol. The molecule has 0 nitrogen and oxygen atoms in total. The number of hydrogen-bond acceptors (Lipinski definition) is 0. The minimum Gasteiger partial charge on any atom is -0.0599 e. The Morgan fingerprint density at radius 2 is 0.763 bits per heavy atom. The van der Waals surface area contributed by atoms with Crippen LogP contribution in [0.4, 0.5) is 0 Å². The van der Waals surface area contributed by atoms with Gasteiger partial charge in [-0.25, -0.2) is 0 Å². The molecule has 0 radical (unpaired) electrons. The van der Waals surface area contributed by atoms with Crippen LogP contribution in [0.1, 0.15) is 156 Å². The van der Waals surface area contributed by atoms with E-state index in [2.05, 4.69) is 20.8 Å². The Kier molecular flexibility index (Phi) is 7.78. The van der Waals surface area contributed by atoms with Crippen molar-refractivity contribution in [1.82, 2.24) is 0 Å². The molecule has 0 spiro atoms. The van der Waals surface area contributed by atoms with Gasteiger partial charge >= 0.3 is 0 Å². The minimum atomic E-state index is 0.510. The highest BCUT2D eigenvalue weighted by atomic mass is 14.6. The fourth-order valence-corrected chi connectivity index (χ4v) is 13.6. The molecular weight excluding hydrogens is 456 g/mol. The molecule has 7 aliphatic rings. The van der Waals surface area contributed by atoms with Gasteiger partial charge in [0.05, 0.1) is 0 Å². The Morgan fingerprint density at radius 3 is 1.29 bits per heavy atom. The molecule has 0 aromatic carbocycles. The lowest BCUT2D eigenvalue weighted by atomic mass is 9.43. The van der Waals surface area contributed by atoms with Crippen molar-refractivity contribution in [2.45, 2.75) is 156 Å². The van der Waals surface area contributed by atoms with Gasteiger partial charge in [-0.3, -0.25) is 0 Å². The lowest BCUT2D eigenvalue weighted by Gasteiger charge is -2.62. The second-order valence-corrected chi connectivity index (χ2v) is 17.7. The zero-order valence-corrected chi connectivity index (χ0v) is 25.9. The maximum absolute atomic E-state index is 2.59. The molecule has 216 valence electrons. The van der Waals surface area contributed by atoms with E-state index in [-0.39, 0.29) is 0 Å². The molecule has 0 aliphatic heterocycles. The predicted molar refractivity (Wildman–Crippen MR) is 162 cm³/mol. The van der Waals surface area contributed by atoms with Crippen molar-refractivity contribution >= 4 is 0 Å². The molecule has 13 atom stereocenters. The maximum atomic E-state index is 2.59. The molecule has 0 aromatic rings. The standard InChI is InChI=1S/C38H64/c1-38(2,3)31-20-21-34-35(24-31)37(30-19-17-26-11-5-7-13-28(26)23-30)33-15-9-8-14-32(33)36(34)29-18-16-25-10-4-6-12-27(25)22-29/h25-37H,4-24H2,1-3H3. The van der Waals surface area contributed by atoms with E-state index >= 15 is 0 Å².